The predicted octanol–water partition coefficient (Wildman–Crippen LogP) is 2.30. The largest absolute Gasteiger partial charge is 0.384 e. The summed E-state index contributed by atoms with van der Waals surface area (Å²) in [4.78, 5) is 14.5. The van der Waals surface area contributed by atoms with Crippen LogP contribution in [0.4, 0.5) is 5.69 Å². The fraction of sp³-hybridized carbons (Fsp3) is 0.562. The van der Waals surface area contributed by atoms with Gasteiger partial charge in [0.25, 0.3) is 5.91 Å². The van der Waals surface area contributed by atoms with Gasteiger partial charge in [0.2, 0.25) is 0 Å². The lowest BCUT2D eigenvalue weighted by atomic mass is 10.0. The van der Waals surface area contributed by atoms with Crippen LogP contribution in [0.1, 0.15) is 35.7 Å². The van der Waals surface area contributed by atoms with Gasteiger partial charge >= 0.3 is 0 Å². The third-order valence-electron chi connectivity index (χ3n) is 4.13. The van der Waals surface area contributed by atoms with Crippen molar-refractivity contribution in [3.05, 3.63) is 29.3 Å². The minimum atomic E-state index is 0.130. The van der Waals surface area contributed by atoms with Crippen LogP contribution in [-0.2, 0) is 11.2 Å². The van der Waals surface area contributed by atoms with E-state index in [1.165, 1.54) is 5.56 Å². The maximum atomic E-state index is 12.6. The Morgan fingerprint density at radius 3 is 3.25 bits per heavy atom. The molecule has 0 aliphatic carbocycles. The molecule has 0 bridgehead atoms. The monoisotopic (exact) mass is 274 g/mol. The van der Waals surface area contributed by atoms with Crippen molar-refractivity contribution in [3.63, 3.8) is 0 Å². The fourth-order valence-corrected chi connectivity index (χ4v) is 3.10. The van der Waals surface area contributed by atoms with E-state index >= 15 is 0 Å². The van der Waals surface area contributed by atoms with Crippen LogP contribution in [0.3, 0.4) is 0 Å². The molecule has 4 heteroatoms. The minimum absolute atomic E-state index is 0.130. The highest BCUT2D eigenvalue weighted by Crippen LogP contribution is 2.24. The van der Waals surface area contributed by atoms with Crippen molar-refractivity contribution < 1.29 is 9.53 Å². The number of hydrogen-bond acceptors (Lipinski definition) is 3. The number of rotatable bonds is 3. The highest BCUT2D eigenvalue weighted by Gasteiger charge is 2.25. The van der Waals surface area contributed by atoms with Crippen LogP contribution in [0.15, 0.2) is 18.2 Å². The Balaban J connectivity index is 1.72. The summed E-state index contributed by atoms with van der Waals surface area (Å²) in [5.41, 5.74) is 3.22. The summed E-state index contributed by atoms with van der Waals surface area (Å²) in [6.45, 7) is 5.26. The quantitative estimate of drug-likeness (QED) is 0.919. The number of fused-ring (bicyclic) bond motifs is 1. The number of carbonyl (C=O) groups is 1. The van der Waals surface area contributed by atoms with Crippen LogP contribution in [0, 0.1) is 0 Å². The molecule has 108 valence electrons. The summed E-state index contributed by atoms with van der Waals surface area (Å²) < 4.78 is 5.67. The van der Waals surface area contributed by atoms with Crippen LogP contribution in [0.2, 0.25) is 0 Å². The number of benzene rings is 1. The van der Waals surface area contributed by atoms with Gasteiger partial charge in [0.15, 0.2) is 0 Å². The van der Waals surface area contributed by atoms with E-state index in [-0.39, 0.29) is 12.0 Å². The Bertz CT molecular complexity index is 499. The molecule has 1 atom stereocenters. The number of nitrogens with zero attached hydrogens (tertiary/aromatic N) is 1. The standard InChI is InChI=1S/C16H22N2O2/c1-2-20-14-4-3-9-18(11-14)16(19)13-6-5-12-7-8-17-15(12)10-13/h5-6,10,14,17H,2-4,7-9,11H2,1H3. The molecule has 2 aliphatic rings. The Kier molecular flexibility index (Phi) is 3.92. The molecule has 1 aromatic rings. The number of anilines is 1. The molecule has 0 radical (unpaired) electrons. The molecule has 1 saturated heterocycles. The molecule has 1 N–H and O–H groups in total. The summed E-state index contributed by atoms with van der Waals surface area (Å²) in [5.74, 6) is 0.130. The number of hydrogen-bond donors (Lipinski definition) is 1. The SMILES string of the molecule is CCOC1CCCN(C(=O)c2ccc3c(c2)NCC3)C1. The van der Waals surface area contributed by atoms with Gasteiger partial charge in [-0.2, -0.15) is 0 Å². The molecular formula is C16H22N2O2. The molecular weight excluding hydrogens is 252 g/mol. The smallest absolute Gasteiger partial charge is 0.254 e. The molecule has 2 heterocycles. The summed E-state index contributed by atoms with van der Waals surface area (Å²) in [6.07, 6.45) is 3.34. The van der Waals surface area contributed by atoms with E-state index in [1.54, 1.807) is 0 Å². The van der Waals surface area contributed by atoms with Gasteiger partial charge in [0, 0.05) is 37.5 Å². The lowest BCUT2D eigenvalue weighted by molar-refractivity contribution is 0.00724. The molecule has 1 amide bonds. The Hall–Kier alpha value is -1.55. The zero-order chi connectivity index (χ0) is 13.9. The van der Waals surface area contributed by atoms with Crippen molar-refractivity contribution in [1.82, 2.24) is 4.90 Å². The maximum Gasteiger partial charge on any atom is 0.254 e. The number of nitrogens with one attached hydrogen (secondary N) is 1. The number of piperidine rings is 1. The van der Waals surface area contributed by atoms with E-state index in [4.69, 9.17) is 4.74 Å². The highest BCUT2D eigenvalue weighted by atomic mass is 16.5. The van der Waals surface area contributed by atoms with Crippen molar-refractivity contribution in [2.75, 3.05) is 31.6 Å². The zero-order valence-electron chi connectivity index (χ0n) is 12.0. The first-order valence-corrected chi connectivity index (χ1v) is 7.55. The molecule has 0 saturated carbocycles. The van der Waals surface area contributed by atoms with Crippen LogP contribution in [0.5, 0.6) is 0 Å². The first-order valence-electron chi connectivity index (χ1n) is 7.55. The van der Waals surface area contributed by atoms with Crippen molar-refractivity contribution in [1.29, 1.82) is 0 Å². The second-order valence-electron chi connectivity index (χ2n) is 5.52. The fourth-order valence-electron chi connectivity index (χ4n) is 3.10. The lowest BCUT2D eigenvalue weighted by Crippen LogP contribution is -2.43. The van der Waals surface area contributed by atoms with E-state index in [1.807, 2.05) is 24.0 Å². The van der Waals surface area contributed by atoms with Crippen LogP contribution in [0.25, 0.3) is 0 Å². The highest BCUT2D eigenvalue weighted by molar-refractivity contribution is 5.95. The van der Waals surface area contributed by atoms with Crippen LogP contribution < -0.4 is 5.32 Å². The average molecular weight is 274 g/mol. The molecule has 4 nitrogen and oxygen atoms in total. The normalized spacial score (nSPS) is 21.4. The van der Waals surface area contributed by atoms with Crippen LogP contribution >= 0.6 is 0 Å². The molecule has 20 heavy (non-hydrogen) atoms. The van der Waals surface area contributed by atoms with Crippen molar-refractivity contribution in [2.45, 2.75) is 32.3 Å². The second kappa shape index (κ2) is 5.83. The molecule has 1 fully saturated rings. The average Bonchev–Trinajstić information content (AvgIpc) is 2.94. The lowest BCUT2D eigenvalue weighted by Gasteiger charge is -2.32. The van der Waals surface area contributed by atoms with E-state index in [2.05, 4.69) is 11.4 Å². The van der Waals surface area contributed by atoms with Crippen molar-refractivity contribution >= 4 is 11.6 Å². The summed E-state index contributed by atoms with van der Waals surface area (Å²) in [6, 6.07) is 6.03. The van der Waals surface area contributed by atoms with Gasteiger partial charge in [-0.3, -0.25) is 4.79 Å². The van der Waals surface area contributed by atoms with Gasteiger partial charge in [-0.1, -0.05) is 6.07 Å². The van der Waals surface area contributed by atoms with Gasteiger partial charge in [0.05, 0.1) is 6.10 Å². The van der Waals surface area contributed by atoms with Crippen LogP contribution in [-0.4, -0.2) is 43.2 Å². The number of amides is 1. The van der Waals surface area contributed by atoms with E-state index in [0.29, 0.717) is 0 Å². The van der Waals surface area contributed by atoms with E-state index in [9.17, 15) is 4.79 Å². The van der Waals surface area contributed by atoms with Gasteiger partial charge < -0.3 is 15.0 Å². The molecule has 3 rings (SSSR count). The molecule has 1 unspecified atom stereocenters. The van der Waals surface area contributed by atoms with Gasteiger partial charge in [-0.05, 0) is 43.9 Å². The van der Waals surface area contributed by atoms with E-state index in [0.717, 1.165) is 56.8 Å². The Morgan fingerprint density at radius 1 is 1.50 bits per heavy atom. The number of carbonyl (C=O) groups excluding carboxylic acids is 1. The van der Waals surface area contributed by atoms with Gasteiger partial charge in [-0.15, -0.1) is 0 Å². The topological polar surface area (TPSA) is 41.6 Å². The first-order chi connectivity index (χ1) is 9.78. The Labute approximate surface area is 120 Å². The molecule has 1 aromatic carbocycles. The Morgan fingerprint density at radius 2 is 2.40 bits per heavy atom. The summed E-state index contributed by atoms with van der Waals surface area (Å²) in [7, 11) is 0. The third kappa shape index (κ3) is 2.66. The maximum absolute atomic E-state index is 12.6. The molecule has 0 aromatic heterocycles. The third-order valence-corrected chi connectivity index (χ3v) is 4.13. The van der Waals surface area contributed by atoms with E-state index < -0.39 is 0 Å². The minimum Gasteiger partial charge on any atom is -0.384 e. The predicted molar refractivity (Wildman–Crippen MR) is 79.2 cm³/mol. The second-order valence-corrected chi connectivity index (χ2v) is 5.52. The first kappa shape index (κ1) is 13.4. The van der Waals surface area contributed by atoms with Gasteiger partial charge in [-0.25, -0.2) is 0 Å². The summed E-state index contributed by atoms with van der Waals surface area (Å²) in [5, 5.41) is 3.33. The van der Waals surface area contributed by atoms with Gasteiger partial charge in [0.1, 0.15) is 0 Å². The van der Waals surface area contributed by atoms with Crippen molar-refractivity contribution in [2.24, 2.45) is 0 Å². The molecule has 0 spiro atoms. The number of likely N-dealkylation sites (tertiary alicyclic amines) is 1. The van der Waals surface area contributed by atoms with Crippen molar-refractivity contribution in [3.8, 4) is 0 Å². The summed E-state index contributed by atoms with van der Waals surface area (Å²) >= 11 is 0. The zero-order valence-corrected chi connectivity index (χ0v) is 12.0. The number of ether oxygens (including phenoxy) is 1. The molecule has 2 aliphatic heterocycles.